The molecule has 0 aliphatic carbocycles. The average molecular weight is 531 g/mol. The van der Waals surface area contributed by atoms with Crippen molar-refractivity contribution >= 4 is 23.3 Å². The first-order valence-corrected chi connectivity index (χ1v) is 12.9. The molecular formula is C30H28ClFN4O2. The maximum Gasteiger partial charge on any atom is 0.260 e. The molecule has 0 unspecified atom stereocenters. The fourth-order valence-electron chi connectivity index (χ4n) is 4.54. The Labute approximate surface area is 226 Å². The number of benzene rings is 3. The molecule has 1 saturated heterocycles. The smallest absolute Gasteiger partial charge is 0.260 e. The third kappa shape index (κ3) is 6.11. The van der Waals surface area contributed by atoms with Gasteiger partial charge in [-0.2, -0.15) is 0 Å². The first-order chi connectivity index (χ1) is 18.5. The molecule has 2 heterocycles. The number of nitrogens with zero attached hydrogens (tertiary/aromatic N) is 4. The Morgan fingerprint density at radius 2 is 1.68 bits per heavy atom. The molecule has 0 atom stereocenters. The second kappa shape index (κ2) is 11.6. The lowest BCUT2D eigenvalue weighted by Crippen LogP contribution is -2.50. The molecule has 194 valence electrons. The number of aromatic nitrogens is 2. The van der Waals surface area contributed by atoms with Crippen molar-refractivity contribution in [1.29, 1.82) is 0 Å². The van der Waals surface area contributed by atoms with Crippen molar-refractivity contribution < 1.29 is 13.9 Å². The summed E-state index contributed by atoms with van der Waals surface area (Å²) in [5, 5.41) is 0.618. The number of carbonyl (C=O) groups excluding carboxylic acids is 1. The molecule has 1 fully saturated rings. The zero-order valence-electron chi connectivity index (χ0n) is 21.1. The molecule has 8 heteroatoms. The Balaban J connectivity index is 1.34. The summed E-state index contributed by atoms with van der Waals surface area (Å²) in [6, 6.07) is 23.5. The summed E-state index contributed by atoms with van der Waals surface area (Å²) >= 11 is 5.92. The number of amides is 1. The van der Waals surface area contributed by atoms with Gasteiger partial charge in [-0.05, 0) is 48.9 Å². The predicted octanol–water partition coefficient (Wildman–Crippen LogP) is 5.56. The summed E-state index contributed by atoms with van der Waals surface area (Å²) < 4.78 is 19.6. The van der Waals surface area contributed by atoms with E-state index in [0.29, 0.717) is 54.8 Å². The van der Waals surface area contributed by atoms with Crippen LogP contribution in [0.3, 0.4) is 0 Å². The second-order valence-corrected chi connectivity index (χ2v) is 9.65. The molecule has 5 rings (SSSR count). The van der Waals surface area contributed by atoms with Gasteiger partial charge in [-0.3, -0.25) is 4.79 Å². The van der Waals surface area contributed by atoms with E-state index in [4.69, 9.17) is 26.3 Å². The van der Waals surface area contributed by atoms with Crippen LogP contribution in [0.25, 0.3) is 11.4 Å². The number of halogens is 2. The summed E-state index contributed by atoms with van der Waals surface area (Å²) in [6.07, 6.45) is 0.680. The predicted molar refractivity (Wildman–Crippen MR) is 147 cm³/mol. The normalized spacial score (nSPS) is 13.4. The van der Waals surface area contributed by atoms with Crippen LogP contribution in [0, 0.1) is 12.7 Å². The molecule has 3 aromatic carbocycles. The summed E-state index contributed by atoms with van der Waals surface area (Å²) in [4.78, 5) is 26.5. The Bertz CT molecular complexity index is 1410. The van der Waals surface area contributed by atoms with Gasteiger partial charge < -0.3 is 14.5 Å². The van der Waals surface area contributed by atoms with Crippen molar-refractivity contribution in [3.63, 3.8) is 0 Å². The van der Waals surface area contributed by atoms with Crippen molar-refractivity contribution in [1.82, 2.24) is 14.9 Å². The first kappa shape index (κ1) is 25.7. The van der Waals surface area contributed by atoms with Crippen LogP contribution in [-0.2, 0) is 11.2 Å². The van der Waals surface area contributed by atoms with Gasteiger partial charge in [0.1, 0.15) is 17.4 Å². The summed E-state index contributed by atoms with van der Waals surface area (Å²) in [7, 11) is 0. The highest BCUT2D eigenvalue weighted by atomic mass is 35.5. The molecule has 4 aromatic rings. The molecule has 1 aliphatic heterocycles. The third-order valence-corrected chi connectivity index (χ3v) is 6.86. The number of piperazine rings is 1. The van der Waals surface area contributed by atoms with E-state index in [2.05, 4.69) is 17.0 Å². The highest BCUT2D eigenvalue weighted by Crippen LogP contribution is 2.28. The van der Waals surface area contributed by atoms with Gasteiger partial charge in [0.15, 0.2) is 12.4 Å². The Kier molecular flexibility index (Phi) is 7.84. The van der Waals surface area contributed by atoms with Crippen molar-refractivity contribution in [2.45, 2.75) is 13.3 Å². The monoisotopic (exact) mass is 530 g/mol. The minimum atomic E-state index is -0.327. The van der Waals surface area contributed by atoms with Crippen LogP contribution in [0.1, 0.15) is 16.8 Å². The van der Waals surface area contributed by atoms with Gasteiger partial charge in [-0.25, -0.2) is 14.4 Å². The van der Waals surface area contributed by atoms with E-state index in [1.54, 1.807) is 30.3 Å². The summed E-state index contributed by atoms with van der Waals surface area (Å²) in [6.45, 7) is 4.27. The SMILES string of the molecule is Cc1nc(-c2cccc(F)c2)nc(N2CCN(C(=O)COc3ccc(Cl)cc3)CC2)c1Cc1ccccc1. The number of rotatable bonds is 7. The maximum absolute atomic E-state index is 14.0. The van der Waals surface area contributed by atoms with Crippen LogP contribution >= 0.6 is 11.6 Å². The Morgan fingerprint density at radius 3 is 2.39 bits per heavy atom. The van der Waals surface area contributed by atoms with Crippen LogP contribution in [0.2, 0.25) is 5.02 Å². The molecule has 1 aromatic heterocycles. The largest absolute Gasteiger partial charge is 0.484 e. The quantitative estimate of drug-likeness (QED) is 0.313. The van der Waals surface area contributed by atoms with Crippen LogP contribution < -0.4 is 9.64 Å². The molecule has 38 heavy (non-hydrogen) atoms. The van der Waals surface area contributed by atoms with Crippen LogP contribution in [0.5, 0.6) is 5.75 Å². The van der Waals surface area contributed by atoms with Gasteiger partial charge in [-0.1, -0.05) is 54.1 Å². The van der Waals surface area contributed by atoms with E-state index in [9.17, 15) is 9.18 Å². The molecule has 1 aliphatic rings. The maximum atomic E-state index is 14.0. The molecule has 0 radical (unpaired) electrons. The fourth-order valence-corrected chi connectivity index (χ4v) is 4.67. The zero-order valence-corrected chi connectivity index (χ0v) is 21.9. The average Bonchev–Trinajstić information content (AvgIpc) is 2.94. The number of ether oxygens (including phenoxy) is 1. The highest BCUT2D eigenvalue weighted by Gasteiger charge is 2.25. The lowest BCUT2D eigenvalue weighted by molar-refractivity contribution is -0.133. The van der Waals surface area contributed by atoms with Gasteiger partial charge in [0, 0.05) is 54.4 Å². The molecule has 6 nitrogen and oxygen atoms in total. The Hall–Kier alpha value is -3.97. The van der Waals surface area contributed by atoms with Gasteiger partial charge >= 0.3 is 0 Å². The van der Waals surface area contributed by atoms with Gasteiger partial charge in [0.25, 0.3) is 5.91 Å². The number of aryl methyl sites for hydroxylation is 1. The lowest BCUT2D eigenvalue weighted by atomic mass is 10.0. The van der Waals surface area contributed by atoms with Crippen molar-refractivity contribution in [2.24, 2.45) is 0 Å². The van der Waals surface area contributed by atoms with E-state index >= 15 is 0 Å². The van der Waals surface area contributed by atoms with Crippen LogP contribution in [-0.4, -0.2) is 53.6 Å². The number of carbonyl (C=O) groups is 1. The summed E-state index contributed by atoms with van der Waals surface area (Å²) in [5.41, 5.74) is 3.68. The van der Waals surface area contributed by atoms with Gasteiger partial charge in [-0.15, -0.1) is 0 Å². The first-order valence-electron chi connectivity index (χ1n) is 12.5. The van der Waals surface area contributed by atoms with Crippen molar-refractivity contribution in [3.8, 4) is 17.1 Å². The topological polar surface area (TPSA) is 58.6 Å². The van der Waals surface area contributed by atoms with Crippen molar-refractivity contribution in [3.05, 3.63) is 107 Å². The summed E-state index contributed by atoms with van der Waals surface area (Å²) in [5.74, 6) is 1.53. The van der Waals surface area contributed by atoms with Gasteiger partial charge in [0.2, 0.25) is 0 Å². The lowest BCUT2D eigenvalue weighted by Gasteiger charge is -2.36. The molecule has 0 bridgehead atoms. The minimum Gasteiger partial charge on any atom is -0.484 e. The number of hydrogen-bond donors (Lipinski definition) is 0. The minimum absolute atomic E-state index is 0.0305. The van der Waals surface area contributed by atoms with E-state index in [0.717, 1.165) is 22.6 Å². The molecule has 0 saturated carbocycles. The van der Waals surface area contributed by atoms with E-state index in [1.807, 2.05) is 36.1 Å². The number of hydrogen-bond acceptors (Lipinski definition) is 5. The second-order valence-electron chi connectivity index (χ2n) is 9.22. The van der Waals surface area contributed by atoms with Crippen LogP contribution in [0.15, 0.2) is 78.9 Å². The number of anilines is 1. The standard InChI is InChI=1S/C30H28ClFN4O2/c1-21-27(18-22-6-3-2-4-7-22)30(34-29(33-21)23-8-5-9-25(32)19-23)36-16-14-35(15-17-36)28(37)20-38-26-12-10-24(31)11-13-26/h2-13,19H,14-18,20H2,1H3. The molecule has 0 spiro atoms. The molecule has 0 N–H and O–H groups in total. The fraction of sp³-hybridized carbons (Fsp3) is 0.233. The van der Waals surface area contributed by atoms with Gasteiger partial charge in [0.05, 0.1) is 0 Å². The third-order valence-electron chi connectivity index (χ3n) is 6.61. The zero-order chi connectivity index (χ0) is 26.5. The molecule has 1 amide bonds. The van der Waals surface area contributed by atoms with E-state index in [-0.39, 0.29) is 18.3 Å². The van der Waals surface area contributed by atoms with E-state index < -0.39 is 0 Å². The van der Waals surface area contributed by atoms with E-state index in [1.165, 1.54) is 12.1 Å². The van der Waals surface area contributed by atoms with Crippen molar-refractivity contribution in [2.75, 3.05) is 37.7 Å². The van der Waals surface area contributed by atoms with Crippen LogP contribution in [0.4, 0.5) is 10.2 Å². The Morgan fingerprint density at radius 1 is 0.947 bits per heavy atom. The molecular weight excluding hydrogens is 503 g/mol. The highest BCUT2D eigenvalue weighted by molar-refractivity contribution is 6.30.